The maximum atomic E-state index is 5.73. The second-order valence-corrected chi connectivity index (χ2v) is 5.71. The summed E-state index contributed by atoms with van der Waals surface area (Å²) in [5, 5.41) is 3.49. The molecule has 2 aliphatic heterocycles. The van der Waals surface area contributed by atoms with Gasteiger partial charge in [0.2, 0.25) is 5.90 Å². The highest BCUT2D eigenvalue weighted by Gasteiger charge is 2.57. The summed E-state index contributed by atoms with van der Waals surface area (Å²) in [4.78, 5) is 4.66. The van der Waals surface area contributed by atoms with E-state index in [9.17, 15) is 0 Å². The number of hydrogen-bond acceptors (Lipinski definition) is 3. The number of hydrogen-bond donors (Lipinski definition) is 1. The normalized spacial score (nSPS) is 34.1. The van der Waals surface area contributed by atoms with E-state index in [-0.39, 0.29) is 11.1 Å². The highest BCUT2D eigenvalue weighted by atomic mass is 16.5. The van der Waals surface area contributed by atoms with Gasteiger partial charge in [0.15, 0.2) is 0 Å². The van der Waals surface area contributed by atoms with Crippen LogP contribution in [0.1, 0.15) is 32.4 Å². The van der Waals surface area contributed by atoms with Gasteiger partial charge in [-0.15, -0.1) is 0 Å². The first-order chi connectivity index (χ1) is 8.01. The van der Waals surface area contributed by atoms with Gasteiger partial charge in [-0.05, 0) is 26.3 Å². The lowest BCUT2D eigenvalue weighted by molar-refractivity contribution is 0.269. The van der Waals surface area contributed by atoms with Crippen molar-refractivity contribution >= 4 is 5.90 Å². The van der Waals surface area contributed by atoms with Crippen molar-refractivity contribution in [1.29, 1.82) is 0 Å². The number of aliphatic imine (C=N–C) groups is 1. The molecule has 1 fully saturated rings. The molecular formula is C14H18N2O. The molecule has 0 saturated carbocycles. The van der Waals surface area contributed by atoms with Crippen LogP contribution in [0.4, 0.5) is 0 Å². The Kier molecular flexibility index (Phi) is 2.11. The minimum Gasteiger partial charge on any atom is -0.477 e. The van der Waals surface area contributed by atoms with Gasteiger partial charge in [0, 0.05) is 0 Å². The molecule has 1 N–H and O–H groups in total. The van der Waals surface area contributed by atoms with Gasteiger partial charge in [-0.25, -0.2) is 4.99 Å². The maximum absolute atomic E-state index is 5.73. The number of ether oxygens (including phenoxy) is 1. The smallest absolute Gasteiger partial charge is 0.206 e. The van der Waals surface area contributed by atoms with E-state index in [4.69, 9.17) is 4.74 Å². The molecule has 0 aromatic heterocycles. The summed E-state index contributed by atoms with van der Waals surface area (Å²) < 4.78 is 5.73. The van der Waals surface area contributed by atoms with Gasteiger partial charge in [0.25, 0.3) is 0 Å². The van der Waals surface area contributed by atoms with E-state index < -0.39 is 0 Å². The van der Waals surface area contributed by atoms with Gasteiger partial charge in [-0.1, -0.05) is 30.3 Å². The van der Waals surface area contributed by atoms with Crippen LogP contribution in [-0.2, 0) is 4.74 Å². The van der Waals surface area contributed by atoms with Gasteiger partial charge in [-0.3, -0.25) is 5.32 Å². The van der Waals surface area contributed by atoms with Crippen LogP contribution in [0.3, 0.4) is 0 Å². The highest BCUT2D eigenvalue weighted by Crippen LogP contribution is 2.43. The SMILES string of the molecule is CC1(C)COC([C@@]2(C)N[C@H]2c2ccccc2)=N1. The molecule has 1 saturated heterocycles. The van der Waals surface area contributed by atoms with Crippen LogP contribution in [0.25, 0.3) is 0 Å². The van der Waals surface area contributed by atoms with E-state index in [0.29, 0.717) is 12.6 Å². The molecule has 90 valence electrons. The molecule has 0 spiro atoms. The van der Waals surface area contributed by atoms with E-state index in [1.807, 2.05) is 6.07 Å². The molecule has 2 atom stereocenters. The largest absolute Gasteiger partial charge is 0.477 e. The fraction of sp³-hybridized carbons (Fsp3) is 0.500. The Morgan fingerprint density at radius 2 is 1.94 bits per heavy atom. The molecule has 0 amide bonds. The zero-order chi connectivity index (χ0) is 12.1. The third-order valence-electron chi connectivity index (χ3n) is 3.48. The molecule has 17 heavy (non-hydrogen) atoms. The van der Waals surface area contributed by atoms with Crippen LogP contribution in [-0.4, -0.2) is 23.6 Å². The summed E-state index contributed by atoms with van der Waals surface area (Å²) in [6.07, 6.45) is 0. The van der Waals surface area contributed by atoms with Crippen LogP contribution >= 0.6 is 0 Å². The second kappa shape index (κ2) is 3.33. The van der Waals surface area contributed by atoms with Crippen molar-refractivity contribution in [2.75, 3.05) is 6.61 Å². The third-order valence-corrected chi connectivity index (χ3v) is 3.48. The standard InChI is InChI=1S/C14H18N2O/c1-13(2)9-17-12(16-13)14(3)11(15-14)10-7-5-4-6-8-10/h4-8,11,15H,9H2,1-3H3/t11-,14-/m0/s1. The Morgan fingerprint density at radius 1 is 1.24 bits per heavy atom. The molecule has 3 nitrogen and oxygen atoms in total. The van der Waals surface area contributed by atoms with E-state index in [1.165, 1.54) is 5.56 Å². The summed E-state index contributed by atoms with van der Waals surface area (Å²) >= 11 is 0. The fourth-order valence-electron chi connectivity index (χ4n) is 2.36. The van der Waals surface area contributed by atoms with Crippen LogP contribution < -0.4 is 5.32 Å². The number of rotatable bonds is 2. The summed E-state index contributed by atoms with van der Waals surface area (Å²) in [5.41, 5.74) is 1.10. The zero-order valence-corrected chi connectivity index (χ0v) is 10.5. The second-order valence-electron chi connectivity index (χ2n) is 5.71. The summed E-state index contributed by atoms with van der Waals surface area (Å²) in [7, 11) is 0. The minimum atomic E-state index is -0.116. The average molecular weight is 230 g/mol. The maximum Gasteiger partial charge on any atom is 0.206 e. The predicted molar refractivity (Wildman–Crippen MR) is 68.2 cm³/mol. The summed E-state index contributed by atoms with van der Waals surface area (Å²) in [5.74, 6) is 0.858. The number of nitrogens with one attached hydrogen (secondary N) is 1. The summed E-state index contributed by atoms with van der Waals surface area (Å²) in [6, 6.07) is 10.8. The third kappa shape index (κ3) is 1.75. The van der Waals surface area contributed by atoms with Gasteiger partial charge >= 0.3 is 0 Å². The Hall–Kier alpha value is -1.35. The topological polar surface area (TPSA) is 43.5 Å². The highest BCUT2D eigenvalue weighted by molar-refractivity contribution is 5.92. The first kappa shape index (κ1) is 10.8. The van der Waals surface area contributed by atoms with E-state index in [1.54, 1.807) is 0 Å². The van der Waals surface area contributed by atoms with Crippen LogP contribution in [0.5, 0.6) is 0 Å². The Labute approximate surface area is 102 Å². The lowest BCUT2D eigenvalue weighted by Crippen LogP contribution is -2.24. The van der Waals surface area contributed by atoms with Crippen molar-refractivity contribution in [2.24, 2.45) is 4.99 Å². The number of nitrogens with zero attached hydrogens (tertiary/aromatic N) is 1. The van der Waals surface area contributed by atoms with Crippen LogP contribution in [0, 0.1) is 0 Å². The Morgan fingerprint density at radius 3 is 2.53 bits per heavy atom. The average Bonchev–Trinajstić information content (AvgIpc) is 2.86. The van der Waals surface area contributed by atoms with Gasteiger partial charge < -0.3 is 4.74 Å². The molecule has 0 aliphatic carbocycles. The first-order valence-corrected chi connectivity index (χ1v) is 6.07. The number of benzene rings is 1. The quantitative estimate of drug-likeness (QED) is 0.792. The van der Waals surface area contributed by atoms with E-state index in [0.717, 1.165) is 5.90 Å². The molecule has 0 bridgehead atoms. The fourth-order valence-corrected chi connectivity index (χ4v) is 2.36. The molecule has 0 unspecified atom stereocenters. The van der Waals surface area contributed by atoms with Crippen LogP contribution in [0.2, 0.25) is 0 Å². The van der Waals surface area contributed by atoms with E-state index >= 15 is 0 Å². The van der Waals surface area contributed by atoms with Crippen molar-refractivity contribution in [3.05, 3.63) is 35.9 Å². The lowest BCUT2D eigenvalue weighted by atomic mass is 10.0. The monoisotopic (exact) mass is 230 g/mol. The van der Waals surface area contributed by atoms with Crippen molar-refractivity contribution in [3.8, 4) is 0 Å². The molecule has 0 radical (unpaired) electrons. The van der Waals surface area contributed by atoms with Gasteiger partial charge in [0.1, 0.15) is 12.1 Å². The molecule has 3 heteroatoms. The van der Waals surface area contributed by atoms with Gasteiger partial charge in [-0.2, -0.15) is 0 Å². The van der Waals surface area contributed by atoms with Gasteiger partial charge in [0.05, 0.1) is 11.6 Å². The molecule has 1 aromatic carbocycles. The Balaban J connectivity index is 1.83. The molecule has 3 rings (SSSR count). The van der Waals surface area contributed by atoms with Crippen molar-refractivity contribution in [3.63, 3.8) is 0 Å². The Bertz CT molecular complexity index is 466. The van der Waals surface area contributed by atoms with Crippen molar-refractivity contribution in [1.82, 2.24) is 5.32 Å². The van der Waals surface area contributed by atoms with Crippen LogP contribution in [0.15, 0.2) is 35.3 Å². The molecule has 1 aromatic rings. The predicted octanol–water partition coefficient (Wildman–Crippen LogP) is 2.30. The molecular weight excluding hydrogens is 212 g/mol. The zero-order valence-electron chi connectivity index (χ0n) is 10.5. The van der Waals surface area contributed by atoms with Crippen molar-refractivity contribution < 1.29 is 4.74 Å². The molecule has 2 aliphatic rings. The van der Waals surface area contributed by atoms with Crippen molar-refractivity contribution in [2.45, 2.75) is 37.9 Å². The first-order valence-electron chi connectivity index (χ1n) is 6.07. The summed E-state index contributed by atoms with van der Waals surface area (Å²) in [6.45, 7) is 7.04. The molecule has 2 heterocycles. The lowest BCUT2D eigenvalue weighted by Gasteiger charge is -2.08. The van der Waals surface area contributed by atoms with E-state index in [2.05, 4.69) is 55.3 Å². The minimum absolute atomic E-state index is 0.0795.